The number of amides is 4. The van der Waals surface area contributed by atoms with E-state index in [1.54, 1.807) is 26.0 Å². The van der Waals surface area contributed by atoms with E-state index in [0.29, 0.717) is 12.2 Å². The maximum absolute atomic E-state index is 12.6. The Hall–Kier alpha value is -2.21. The van der Waals surface area contributed by atoms with Crippen LogP contribution in [0.2, 0.25) is 0 Å². The molecule has 4 amide bonds. The number of rotatable bonds is 5. The topological polar surface area (TPSA) is 143 Å². The number of carbonyl (C=O) groups is 5. The molecule has 1 fully saturated rings. The molecule has 180 valence electrons. The number of hydrogen-bond acceptors (Lipinski definition) is 8. The predicted octanol–water partition coefficient (Wildman–Crippen LogP) is -0.646. The van der Waals surface area contributed by atoms with Crippen LogP contribution in [0.3, 0.4) is 0 Å². The molecule has 1 rings (SSSR count). The first-order valence-electron chi connectivity index (χ1n) is 10.3. The van der Waals surface area contributed by atoms with Crippen molar-refractivity contribution in [3.63, 3.8) is 0 Å². The van der Waals surface area contributed by atoms with Crippen LogP contribution >= 0.6 is 25.3 Å². The molecule has 0 bridgehead atoms. The van der Waals surface area contributed by atoms with Gasteiger partial charge in [0.2, 0.25) is 23.6 Å². The summed E-state index contributed by atoms with van der Waals surface area (Å²) in [5, 5.41) is 10.1. The van der Waals surface area contributed by atoms with E-state index in [1.165, 1.54) is 6.92 Å². The summed E-state index contributed by atoms with van der Waals surface area (Å²) in [5.41, 5.74) is 0. The Morgan fingerprint density at radius 3 is 2.31 bits per heavy atom. The zero-order valence-electron chi connectivity index (χ0n) is 18.4. The van der Waals surface area contributed by atoms with E-state index in [9.17, 15) is 24.0 Å². The Morgan fingerprint density at radius 2 is 1.72 bits per heavy atom. The van der Waals surface area contributed by atoms with Gasteiger partial charge in [0.15, 0.2) is 0 Å². The summed E-state index contributed by atoms with van der Waals surface area (Å²) >= 11 is 8.21. The molecule has 1 aliphatic rings. The van der Waals surface area contributed by atoms with Crippen LogP contribution in [-0.2, 0) is 28.7 Å². The second-order valence-electron chi connectivity index (χ2n) is 7.65. The van der Waals surface area contributed by atoms with Gasteiger partial charge in [-0.25, -0.2) is 0 Å². The molecule has 0 saturated carbocycles. The molecule has 0 aliphatic carbocycles. The number of cyclic esters (lactones) is 1. The Kier molecular flexibility index (Phi) is 12.2. The first-order chi connectivity index (χ1) is 15.1. The summed E-state index contributed by atoms with van der Waals surface area (Å²) in [5.74, 6) is -2.78. The van der Waals surface area contributed by atoms with E-state index in [0.717, 1.165) is 0 Å². The van der Waals surface area contributed by atoms with E-state index in [2.05, 4.69) is 46.5 Å². The number of esters is 1. The second-order valence-corrected chi connectivity index (χ2v) is 8.47. The summed E-state index contributed by atoms with van der Waals surface area (Å²) in [7, 11) is 0. The quantitative estimate of drug-likeness (QED) is 0.173. The summed E-state index contributed by atoms with van der Waals surface area (Å²) in [6.45, 7) is 4.50. The van der Waals surface area contributed by atoms with Crippen LogP contribution in [0, 0.1) is 5.92 Å². The van der Waals surface area contributed by atoms with Gasteiger partial charge in [0, 0.05) is 5.75 Å². The lowest BCUT2D eigenvalue weighted by Crippen LogP contribution is -2.58. The number of ether oxygens (including phenoxy) is 1. The molecule has 0 spiro atoms. The third kappa shape index (κ3) is 9.51. The molecule has 0 aromatic heterocycles. The molecule has 0 radical (unpaired) electrons. The Morgan fingerprint density at radius 1 is 1.03 bits per heavy atom. The molecule has 0 aromatic carbocycles. The predicted molar refractivity (Wildman–Crippen MR) is 125 cm³/mol. The lowest BCUT2D eigenvalue weighted by molar-refractivity contribution is -0.148. The fourth-order valence-electron chi connectivity index (χ4n) is 2.78. The molecule has 4 atom stereocenters. The van der Waals surface area contributed by atoms with E-state index < -0.39 is 60.4 Å². The summed E-state index contributed by atoms with van der Waals surface area (Å²) in [4.78, 5) is 62.3. The number of thiol groups is 2. The molecule has 10 nitrogen and oxygen atoms in total. The van der Waals surface area contributed by atoms with Crippen molar-refractivity contribution in [1.82, 2.24) is 21.3 Å². The van der Waals surface area contributed by atoms with Crippen molar-refractivity contribution in [3.8, 4) is 0 Å². The first kappa shape index (κ1) is 27.8. The number of allylic oxidation sites excluding steroid dienone is 1. The summed E-state index contributed by atoms with van der Waals surface area (Å²) in [6.07, 6.45) is 2.80. The van der Waals surface area contributed by atoms with Crippen LogP contribution in [0.25, 0.3) is 0 Å². The van der Waals surface area contributed by atoms with E-state index >= 15 is 0 Å². The highest BCUT2D eigenvalue weighted by Crippen LogP contribution is 2.06. The molecule has 1 saturated heterocycles. The molecule has 1 aliphatic heterocycles. The van der Waals surface area contributed by atoms with Crippen molar-refractivity contribution in [1.29, 1.82) is 0 Å². The number of hydrogen-bond donors (Lipinski definition) is 6. The van der Waals surface area contributed by atoms with Gasteiger partial charge < -0.3 is 26.0 Å². The van der Waals surface area contributed by atoms with Gasteiger partial charge >= 0.3 is 5.97 Å². The number of carbonyl (C=O) groups excluding carboxylic acids is 5. The van der Waals surface area contributed by atoms with Gasteiger partial charge in [-0.3, -0.25) is 24.0 Å². The first-order valence-corrected chi connectivity index (χ1v) is 11.6. The minimum atomic E-state index is -1.02. The van der Waals surface area contributed by atoms with Crippen LogP contribution < -0.4 is 21.3 Å². The van der Waals surface area contributed by atoms with Gasteiger partial charge in [0.1, 0.15) is 30.8 Å². The Balaban J connectivity index is 3.13. The molecule has 12 heteroatoms. The van der Waals surface area contributed by atoms with Crippen molar-refractivity contribution >= 4 is 54.9 Å². The van der Waals surface area contributed by atoms with Gasteiger partial charge in [-0.15, -0.1) is 0 Å². The Bertz CT molecular complexity index is 731. The van der Waals surface area contributed by atoms with Crippen LogP contribution in [-0.4, -0.2) is 71.9 Å². The standard InChI is InChI=1S/C20H32N4O6S2/c1-11(2)17-20(29)21-9-16(26)30-13(6-4-5-7-31)8-15(25)22-12(3)18(27)23-14(10-32)19(28)24-17/h4,6,11-14,17,31-32H,5,7-10H2,1-3H3,(H,21,29)(H,22,25)(H,23,27)(H,24,28)/b6-4+/t12-,13-,14+,17-/m1/s1. The highest BCUT2D eigenvalue weighted by molar-refractivity contribution is 7.80. The van der Waals surface area contributed by atoms with Crippen molar-refractivity contribution in [3.05, 3.63) is 12.2 Å². The van der Waals surface area contributed by atoms with Crippen molar-refractivity contribution in [2.75, 3.05) is 18.1 Å². The molecule has 0 aromatic rings. The molecule has 0 unspecified atom stereocenters. The average molecular weight is 489 g/mol. The normalized spacial score (nSPS) is 26.9. The van der Waals surface area contributed by atoms with Crippen LogP contribution in [0.1, 0.15) is 33.6 Å². The highest BCUT2D eigenvalue weighted by Gasteiger charge is 2.30. The fourth-order valence-corrected chi connectivity index (χ4v) is 3.19. The zero-order chi connectivity index (χ0) is 24.3. The SMILES string of the molecule is CC(C)[C@H]1NC(=O)[C@H](CS)NC(=O)[C@@H](C)NC(=O)C[C@@H](/C=C/CCS)OC(=O)CNC1=O. The van der Waals surface area contributed by atoms with Crippen LogP contribution in [0.15, 0.2) is 12.2 Å². The largest absolute Gasteiger partial charge is 0.456 e. The molecule has 32 heavy (non-hydrogen) atoms. The second kappa shape index (κ2) is 14.0. The lowest BCUT2D eigenvalue weighted by Gasteiger charge is -2.26. The van der Waals surface area contributed by atoms with Gasteiger partial charge in [0.05, 0.1) is 6.42 Å². The third-order valence-electron chi connectivity index (χ3n) is 4.56. The minimum absolute atomic E-state index is 0.0188. The zero-order valence-corrected chi connectivity index (χ0v) is 20.2. The maximum Gasteiger partial charge on any atom is 0.326 e. The van der Waals surface area contributed by atoms with E-state index in [1.807, 2.05) is 0 Å². The highest BCUT2D eigenvalue weighted by atomic mass is 32.1. The summed E-state index contributed by atoms with van der Waals surface area (Å²) < 4.78 is 5.31. The van der Waals surface area contributed by atoms with Crippen molar-refractivity contribution in [2.45, 2.75) is 57.8 Å². The monoisotopic (exact) mass is 488 g/mol. The number of nitrogens with one attached hydrogen (secondary N) is 4. The minimum Gasteiger partial charge on any atom is -0.456 e. The molecular weight excluding hydrogens is 456 g/mol. The van der Waals surface area contributed by atoms with Crippen LogP contribution in [0.5, 0.6) is 0 Å². The van der Waals surface area contributed by atoms with Crippen molar-refractivity contribution in [2.24, 2.45) is 5.92 Å². The van der Waals surface area contributed by atoms with Gasteiger partial charge in [0.25, 0.3) is 0 Å². The molecular formula is C20H32N4O6S2. The molecule has 4 N–H and O–H groups in total. The van der Waals surface area contributed by atoms with Gasteiger partial charge in [-0.05, 0) is 31.1 Å². The lowest BCUT2D eigenvalue weighted by atomic mass is 10.0. The van der Waals surface area contributed by atoms with Crippen molar-refractivity contribution < 1.29 is 28.7 Å². The van der Waals surface area contributed by atoms with E-state index in [-0.39, 0.29) is 18.1 Å². The Labute approximate surface area is 198 Å². The third-order valence-corrected chi connectivity index (χ3v) is 5.18. The van der Waals surface area contributed by atoms with Crippen LogP contribution in [0.4, 0.5) is 0 Å². The smallest absolute Gasteiger partial charge is 0.326 e. The van der Waals surface area contributed by atoms with Gasteiger partial charge in [-0.2, -0.15) is 25.3 Å². The fraction of sp³-hybridized carbons (Fsp3) is 0.650. The maximum atomic E-state index is 12.6. The molecule has 1 heterocycles. The summed E-state index contributed by atoms with van der Waals surface area (Å²) in [6, 6.07) is -2.91. The average Bonchev–Trinajstić information content (AvgIpc) is 2.72. The van der Waals surface area contributed by atoms with Gasteiger partial charge in [-0.1, -0.05) is 19.9 Å². The van der Waals surface area contributed by atoms with E-state index in [4.69, 9.17) is 4.74 Å².